The van der Waals surface area contributed by atoms with Crippen LogP contribution in [0, 0.1) is 11.8 Å². The summed E-state index contributed by atoms with van der Waals surface area (Å²) in [5.74, 6) is 2.92. The standard InChI is InChI=1S/C22H32N4O3/c1-24-6-8-25(9-7-24)13-18-14-26-5-4-16(18)10-19(26)12-23-22(27)17-2-3-20-21(11-17)29-15-28-20/h2-3,11,16,18-19H,4-10,12-15H2,1H3,(H,23,27)/t16-,18-,19+/m0/s1. The van der Waals surface area contributed by atoms with Crippen LogP contribution in [0.25, 0.3) is 0 Å². The first-order valence-electron chi connectivity index (χ1n) is 11.0. The Balaban J connectivity index is 1.12. The number of ether oxygens (including phenoxy) is 2. The Labute approximate surface area is 172 Å². The molecule has 4 fully saturated rings. The Kier molecular flexibility index (Phi) is 5.37. The summed E-state index contributed by atoms with van der Waals surface area (Å²) in [4.78, 5) is 20.3. The van der Waals surface area contributed by atoms with E-state index in [0.717, 1.165) is 18.4 Å². The molecule has 0 saturated carbocycles. The summed E-state index contributed by atoms with van der Waals surface area (Å²) in [5, 5.41) is 3.15. The molecule has 5 aliphatic heterocycles. The fraction of sp³-hybridized carbons (Fsp3) is 0.682. The molecule has 0 aliphatic carbocycles. The topological polar surface area (TPSA) is 57.3 Å². The maximum Gasteiger partial charge on any atom is 0.251 e. The third kappa shape index (κ3) is 4.09. The van der Waals surface area contributed by atoms with Crippen LogP contribution in [0.5, 0.6) is 11.5 Å². The van der Waals surface area contributed by atoms with Gasteiger partial charge >= 0.3 is 0 Å². The summed E-state index contributed by atoms with van der Waals surface area (Å²) < 4.78 is 10.7. The molecule has 5 aliphatic rings. The van der Waals surface area contributed by atoms with Gasteiger partial charge in [0.05, 0.1) is 0 Å². The quantitative estimate of drug-likeness (QED) is 0.799. The molecule has 1 aromatic carbocycles. The Morgan fingerprint density at radius 1 is 1.14 bits per heavy atom. The number of benzene rings is 1. The lowest BCUT2D eigenvalue weighted by molar-refractivity contribution is -0.0160. The van der Waals surface area contributed by atoms with Crippen molar-refractivity contribution < 1.29 is 14.3 Å². The highest BCUT2D eigenvalue weighted by Gasteiger charge is 2.40. The highest BCUT2D eigenvalue weighted by atomic mass is 16.7. The molecule has 4 saturated heterocycles. The number of carbonyl (C=O) groups excluding carboxylic acids is 1. The molecule has 158 valence electrons. The summed E-state index contributed by atoms with van der Waals surface area (Å²) in [6.45, 7) is 9.34. The molecule has 29 heavy (non-hydrogen) atoms. The van der Waals surface area contributed by atoms with Gasteiger partial charge in [0, 0.05) is 57.4 Å². The second-order valence-electron chi connectivity index (χ2n) is 9.08. The zero-order chi connectivity index (χ0) is 19.8. The van der Waals surface area contributed by atoms with Gasteiger partial charge in [-0.2, -0.15) is 0 Å². The van der Waals surface area contributed by atoms with Gasteiger partial charge in [0.1, 0.15) is 0 Å². The lowest BCUT2D eigenvalue weighted by atomic mass is 9.75. The zero-order valence-corrected chi connectivity index (χ0v) is 17.3. The van der Waals surface area contributed by atoms with Crippen LogP contribution >= 0.6 is 0 Å². The first kappa shape index (κ1) is 19.2. The molecule has 7 heteroatoms. The fourth-order valence-corrected chi connectivity index (χ4v) is 5.38. The van der Waals surface area contributed by atoms with Crippen LogP contribution in [0.4, 0.5) is 0 Å². The van der Waals surface area contributed by atoms with E-state index in [4.69, 9.17) is 9.47 Å². The van der Waals surface area contributed by atoms with Crippen LogP contribution in [0.2, 0.25) is 0 Å². The van der Waals surface area contributed by atoms with Crippen molar-refractivity contribution in [2.45, 2.75) is 18.9 Å². The number of piperazine rings is 1. The Bertz CT molecular complexity index is 750. The monoisotopic (exact) mass is 400 g/mol. The third-order valence-corrected chi connectivity index (χ3v) is 7.24. The molecule has 6 rings (SSSR count). The third-order valence-electron chi connectivity index (χ3n) is 7.24. The summed E-state index contributed by atoms with van der Waals surface area (Å²) in [7, 11) is 2.22. The minimum atomic E-state index is -0.0278. The van der Waals surface area contributed by atoms with Crippen LogP contribution in [0.3, 0.4) is 0 Å². The lowest BCUT2D eigenvalue weighted by Crippen LogP contribution is -2.59. The highest BCUT2D eigenvalue weighted by Crippen LogP contribution is 2.37. The van der Waals surface area contributed by atoms with E-state index in [9.17, 15) is 4.79 Å². The zero-order valence-electron chi connectivity index (χ0n) is 17.3. The number of carbonyl (C=O) groups is 1. The number of hydrogen-bond donors (Lipinski definition) is 1. The number of piperidine rings is 3. The average Bonchev–Trinajstić information content (AvgIpc) is 3.22. The molecule has 1 amide bonds. The molecule has 1 aromatic rings. The van der Waals surface area contributed by atoms with Crippen molar-refractivity contribution in [2.24, 2.45) is 11.8 Å². The van der Waals surface area contributed by atoms with Gasteiger partial charge in [0.2, 0.25) is 6.79 Å². The molecule has 5 heterocycles. The average molecular weight is 401 g/mol. The van der Waals surface area contributed by atoms with Crippen LogP contribution in [-0.4, -0.2) is 92.8 Å². The molecule has 4 atom stereocenters. The number of likely N-dealkylation sites (N-methyl/N-ethyl adjacent to an activating group) is 1. The maximum absolute atomic E-state index is 12.6. The van der Waals surface area contributed by atoms with Crippen molar-refractivity contribution in [3.63, 3.8) is 0 Å². The summed E-state index contributed by atoms with van der Waals surface area (Å²) in [6, 6.07) is 5.86. The lowest BCUT2D eigenvalue weighted by Gasteiger charge is -2.51. The Hall–Kier alpha value is -1.83. The van der Waals surface area contributed by atoms with Crippen LogP contribution in [-0.2, 0) is 0 Å². The highest BCUT2D eigenvalue weighted by molar-refractivity contribution is 5.94. The molecule has 0 spiro atoms. The Morgan fingerprint density at radius 2 is 1.97 bits per heavy atom. The van der Waals surface area contributed by atoms with Gasteiger partial charge in [-0.25, -0.2) is 0 Å². The predicted octanol–water partition coefficient (Wildman–Crippen LogP) is 1.10. The predicted molar refractivity (Wildman–Crippen MR) is 110 cm³/mol. The first-order chi connectivity index (χ1) is 14.2. The molecule has 0 aromatic heterocycles. The van der Waals surface area contributed by atoms with Gasteiger partial charge in [-0.3, -0.25) is 9.69 Å². The van der Waals surface area contributed by atoms with Crippen molar-refractivity contribution in [3.05, 3.63) is 23.8 Å². The van der Waals surface area contributed by atoms with Crippen LogP contribution < -0.4 is 14.8 Å². The summed E-state index contributed by atoms with van der Waals surface area (Å²) >= 11 is 0. The van der Waals surface area contributed by atoms with E-state index in [0.29, 0.717) is 23.1 Å². The smallest absolute Gasteiger partial charge is 0.251 e. The molecule has 7 nitrogen and oxygen atoms in total. The van der Waals surface area contributed by atoms with Gasteiger partial charge in [-0.1, -0.05) is 0 Å². The molecular formula is C22H32N4O3. The van der Waals surface area contributed by atoms with E-state index in [-0.39, 0.29) is 12.7 Å². The summed E-state index contributed by atoms with van der Waals surface area (Å²) in [6.07, 6.45) is 2.52. The van der Waals surface area contributed by atoms with Gasteiger partial charge in [-0.05, 0) is 56.5 Å². The van der Waals surface area contributed by atoms with Gasteiger partial charge < -0.3 is 24.6 Å². The number of nitrogens with one attached hydrogen (secondary N) is 1. The van der Waals surface area contributed by atoms with Crippen molar-refractivity contribution in [1.29, 1.82) is 0 Å². The fourth-order valence-electron chi connectivity index (χ4n) is 5.38. The number of hydrogen-bond acceptors (Lipinski definition) is 6. The van der Waals surface area contributed by atoms with Gasteiger partial charge in [0.25, 0.3) is 5.91 Å². The van der Waals surface area contributed by atoms with E-state index in [1.165, 1.54) is 58.7 Å². The first-order valence-corrected chi connectivity index (χ1v) is 11.0. The molecule has 0 radical (unpaired) electrons. The van der Waals surface area contributed by atoms with E-state index in [2.05, 4.69) is 27.1 Å². The molecule has 1 N–H and O–H groups in total. The van der Waals surface area contributed by atoms with Crippen LogP contribution in [0.15, 0.2) is 18.2 Å². The second-order valence-corrected chi connectivity index (χ2v) is 9.08. The van der Waals surface area contributed by atoms with E-state index < -0.39 is 0 Å². The summed E-state index contributed by atoms with van der Waals surface area (Å²) in [5.41, 5.74) is 0.637. The molecule has 1 unspecified atom stereocenters. The van der Waals surface area contributed by atoms with E-state index >= 15 is 0 Å². The van der Waals surface area contributed by atoms with Crippen molar-refractivity contribution in [3.8, 4) is 11.5 Å². The molecule has 2 bridgehead atoms. The number of rotatable bonds is 5. The second kappa shape index (κ2) is 8.13. The normalized spacial score (nSPS) is 31.8. The minimum absolute atomic E-state index is 0.0278. The van der Waals surface area contributed by atoms with Crippen molar-refractivity contribution in [1.82, 2.24) is 20.0 Å². The van der Waals surface area contributed by atoms with Crippen molar-refractivity contribution in [2.75, 3.05) is 66.2 Å². The van der Waals surface area contributed by atoms with E-state index in [1.807, 2.05) is 12.1 Å². The number of nitrogens with zero attached hydrogens (tertiary/aromatic N) is 3. The van der Waals surface area contributed by atoms with E-state index in [1.54, 1.807) is 6.07 Å². The van der Waals surface area contributed by atoms with Crippen LogP contribution in [0.1, 0.15) is 23.2 Å². The van der Waals surface area contributed by atoms with Gasteiger partial charge in [-0.15, -0.1) is 0 Å². The Morgan fingerprint density at radius 3 is 2.76 bits per heavy atom. The largest absolute Gasteiger partial charge is 0.454 e. The SMILES string of the molecule is CN1CCN(C[C@H]2CN3CC[C@H]2C[C@@H]3CNC(=O)c2ccc3c(c2)OCO3)CC1. The van der Waals surface area contributed by atoms with Crippen molar-refractivity contribution >= 4 is 5.91 Å². The minimum Gasteiger partial charge on any atom is -0.454 e. The molecular weight excluding hydrogens is 368 g/mol. The number of amides is 1. The maximum atomic E-state index is 12.6. The number of fused-ring (bicyclic) bond motifs is 4. The van der Waals surface area contributed by atoms with Gasteiger partial charge in [0.15, 0.2) is 11.5 Å².